The third kappa shape index (κ3) is 5.40. The zero-order valence-corrected chi connectivity index (χ0v) is 30.8. The van der Waals surface area contributed by atoms with E-state index in [1.54, 1.807) is 0 Å². The Labute approximate surface area is 327 Å². The zero-order chi connectivity index (χ0) is 37.0. The molecule has 11 rings (SSSR count). The van der Waals surface area contributed by atoms with Crippen LogP contribution in [0.2, 0.25) is 0 Å². The maximum atomic E-state index is 2.48. The smallest absolute Gasteiger partial charge is 0.0544 e. The van der Waals surface area contributed by atoms with E-state index >= 15 is 0 Å². The summed E-state index contributed by atoms with van der Waals surface area (Å²) in [6, 6.07) is 80.2. The maximum Gasteiger partial charge on any atom is 0.0544 e. The van der Waals surface area contributed by atoms with Gasteiger partial charge in [-0.1, -0.05) is 164 Å². The molecule has 0 N–H and O–H groups in total. The summed E-state index contributed by atoms with van der Waals surface area (Å²) in [7, 11) is 0. The van der Waals surface area contributed by atoms with Crippen LogP contribution in [0.15, 0.2) is 218 Å². The quantitative estimate of drug-likeness (QED) is 0.162. The van der Waals surface area contributed by atoms with Gasteiger partial charge in [0.1, 0.15) is 0 Å². The molecule has 9 aromatic carbocycles. The van der Waals surface area contributed by atoms with Gasteiger partial charge in [0.25, 0.3) is 0 Å². The number of rotatable bonds is 6. The van der Waals surface area contributed by atoms with E-state index < -0.39 is 0 Å². The topological polar surface area (TPSA) is 4.93 Å². The highest BCUT2D eigenvalue weighted by Gasteiger charge is 2.32. The Morgan fingerprint density at radius 1 is 0.286 bits per heavy atom. The first-order valence-electron chi connectivity index (χ1n) is 19.5. The normalized spacial score (nSPS) is 13.2. The summed E-state index contributed by atoms with van der Waals surface area (Å²) in [5, 5.41) is 2.55. The summed E-state index contributed by atoms with van der Waals surface area (Å²) in [4.78, 5) is 0. The molecule has 0 amide bonds. The van der Waals surface area contributed by atoms with Crippen molar-refractivity contribution in [1.82, 2.24) is 4.57 Å². The van der Waals surface area contributed by atoms with Crippen LogP contribution in [0, 0.1) is 0 Å². The van der Waals surface area contributed by atoms with E-state index in [1.165, 1.54) is 99.8 Å². The van der Waals surface area contributed by atoms with E-state index in [4.69, 9.17) is 0 Å². The number of benzene rings is 9. The zero-order valence-electron chi connectivity index (χ0n) is 30.8. The fourth-order valence-corrected chi connectivity index (χ4v) is 8.99. The predicted octanol–water partition coefficient (Wildman–Crippen LogP) is 14.6. The Kier molecular flexibility index (Phi) is 7.64. The van der Waals surface area contributed by atoms with Crippen molar-refractivity contribution in [1.29, 1.82) is 0 Å². The minimum atomic E-state index is 0.0982. The van der Waals surface area contributed by atoms with Crippen molar-refractivity contribution in [2.24, 2.45) is 0 Å². The van der Waals surface area contributed by atoms with Crippen LogP contribution in [-0.4, -0.2) is 4.57 Å². The fraction of sp³-hybridized carbons (Fsp3) is 0.0182. The summed E-state index contributed by atoms with van der Waals surface area (Å²) in [5.41, 5.74) is 20.0. The molecule has 1 nitrogen and oxygen atoms in total. The number of fused-ring (bicyclic) bond motifs is 6. The number of nitrogens with zero attached hydrogens (tertiary/aromatic N) is 1. The van der Waals surface area contributed by atoms with Gasteiger partial charge in [-0.2, -0.15) is 0 Å². The second-order valence-corrected chi connectivity index (χ2v) is 14.9. The van der Waals surface area contributed by atoms with E-state index in [9.17, 15) is 0 Å². The molecule has 1 aliphatic carbocycles. The van der Waals surface area contributed by atoms with Crippen LogP contribution >= 0.6 is 0 Å². The molecular formula is C55H37N. The van der Waals surface area contributed by atoms with Gasteiger partial charge in [0.2, 0.25) is 0 Å². The van der Waals surface area contributed by atoms with Gasteiger partial charge < -0.3 is 4.57 Å². The SMILES string of the molecule is c1ccc(-c2cc(-c3ccccc3)cc(-c3ccc(C4c5ccc(-c6ccccc6)cc5-c5cc6c7ccccc7n(-c7ccccc7)c6cc54)cc3)c2)cc1. The Balaban J connectivity index is 1.09. The molecule has 1 aromatic heterocycles. The lowest BCUT2D eigenvalue weighted by Crippen LogP contribution is -2.00. The Bertz CT molecular complexity index is 2970. The standard InChI is InChI=1S/C55H37N/c1-5-15-37(16-6-1)42-29-30-48-49(34-42)50-35-51-47-23-13-14-24-53(47)56(46-21-11-4-12-22-46)54(51)36-52(50)55(48)41-27-25-40(26-28-41)45-32-43(38-17-7-2-8-18-38)31-44(33-45)39-19-9-3-10-20-39/h1-36,55H. The molecule has 0 aliphatic heterocycles. The number of hydrogen-bond acceptors (Lipinski definition) is 0. The molecule has 10 aromatic rings. The summed E-state index contributed by atoms with van der Waals surface area (Å²) in [5.74, 6) is 0.0982. The lowest BCUT2D eigenvalue weighted by Gasteiger charge is -2.17. The van der Waals surface area contributed by atoms with Gasteiger partial charge in [0.15, 0.2) is 0 Å². The first-order valence-corrected chi connectivity index (χ1v) is 19.5. The van der Waals surface area contributed by atoms with Crippen LogP contribution in [0.5, 0.6) is 0 Å². The molecule has 1 heteroatoms. The van der Waals surface area contributed by atoms with E-state index in [-0.39, 0.29) is 5.92 Å². The van der Waals surface area contributed by atoms with Crippen LogP contribution in [-0.2, 0) is 0 Å². The van der Waals surface area contributed by atoms with Crippen molar-refractivity contribution in [3.8, 4) is 61.3 Å². The van der Waals surface area contributed by atoms with Crippen molar-refractivity contribution < 1.29 is 0 Å². The Hall–Kier alpha value is -7.22. The van der Waals surface area contributed by atoms with E-state index in [0.717, 1.165) is 0 Å². The van der Waals surface area contributed by atoms with Crippen molar-refractivity contribution in [2.45, 2.75) is 5.92 Å². The molecule has 0 spiro atoms. The average molecular weight is 712 g/mol. The minimum Gasteiger partial charge on any atom is -0.309 e. The Morgan fingerprint density at radius 2 is 0.768 bits per heavy atom. The molecule has 0 radical (unpaired) electrons. The number of hydrogen-bond donors (Lipinski definition) is 0. The lowest BCUT2D eigenvalue weighted by molar-refractivity contribution is 1.02. The van der Waals surface area contributed by atoms with Gasteiger partial charge in [0.05, 0.1) is 11.0 Å². The van der Waals surface area contributed by atoms with E-state index in [2.05, 4.69) is 223 Å². The molecule has 0 fully saturated rings. The molecule has 0 saturated heterocycles. The third-order valence-corrected chi connectivity index (χ3v) is 11.7. The van der Waals surface area contributed by atoms with Crippen LogP contribution in [0.1, 0.15) is 22.6 Å². The predicted molar refractivity (Wildman–Crippen MR) is 235 cm³/mol. The van der Waals surface area contributed by atoms with Gasteiger partial charge in [-0.25, -0.2) is 0 Å². The highest BCUT2D eigenvalue weighted by Crippen LogP contribution is 2.52. The average Bonchev–Trinajstić information content (AvgIpc) is 3.78. The number of aromatic nitrogens is 1. The molecule has 0 bridgehead atoms. The van der Waals surface area contributed by atoms with Crippen LogP contribution in [0.3, 0.4) is 0 Å². The van der Waals surface area contributed by atoms with Gasteiger partial charge >= 0.3 is 0 Å². The molecule has 1 aliphatic rings. The third-order valence-electron chi connectivity index (χ3n) is 11.7. The fourth-order valence-electron chi connectivity index (χ4n) is 8.99. The van der Waals surface area contributed by atoms with Gasteiger partial charge in [-0.3, -0.25) is 0 Å². The van der Waals surface area contributed by atoms with Crippen molar-refractivity contribution >= 4 is 21.8 Å². The van der Waals surface area contributed by atoms with Gasteiger partial charge in [-0.05, 0) is 127 Å². The molecular weight excluding hydrogens is 675 g/mol. The highest BCUT2D eigenvalue weighted by atomic mass is 15.0. The molecule has 262 valence electrons. The van der Waals surface area contributed by atoms with Gasteiger partial charge in [-0.15, -0.1) is 0 Å². The Morgan fingerprint density at radius 3 is 1.38 bits per heavy atom. The van der Waals surface area contributed by atoms with Gasteiger partial charge in [0, 0.05) is 22.4 Å². The lowest BCUT2D eigenvalue weighted by atomic mass is 9.87. The van der Waals surface area contributed by atoms with E-state index in [0.29, 0.717) is 0 Å². The first kappa shape index (κ1) is 32.2. The molecule has 56 heavy (non-hydrogen) atoms. The molecule has 0 saturated carbocycles. The number of para-hydroxylation sites is 2. The van der Waals surface area contributed by atoms with E-state index in [1.807, 2.05) is 0 Å². The first-order chi connectivity index (χ1) is 27.8. The summed E-state index contributed by atoms with van der Waals surface area (Å²) >= 11 is 0. The molecule has 1 heterocycles. The van der Waals surface area contributed by atoms with Crippen LogP contribution in [0.4, 0.5) is 0 Å². The van der Waals surface area contributed by atoms with Crippen molar-refractivity contribution in [3.63, 3.8) is 0 Å². The summed E-state index contributed by atoms with van der Waals surface area (Å²) in [6.45, 7) is 0. The minimum absolute atomic E-state index is 0.0982. The van der Waals surface area contributed by atoms with Crippen LogP contribution < -0.4 is 0 Å². The highest BCUT2D eigenvalue weighted by molar-refractivity contribution is 6.11. The second kappa shape index (κ2) is 13.3. The molecule has 1 atom stereocenters. The molecule has 1 unspecified atom stereocenters. The monoisotopic (exact) mass is 711 g/mol. The summed E-state index contributed by atoms with van der Waals surface area (Å²) < 4.78 is 2.44. The van der Waals surface area contributed by atoms with Crippen molar-refractivity contribution in [3.05, 3.63) is 235 Å². The second-order valence-electron chi connectivity index (χ2n) is 14.9. The maximum absolute atomic E-state index is 2.48. The largest absolute Gasteiger partial charge is 0.309 e. The van der Waals surface area contributed by atoms with Crippen molar-refractivity contribution in [2.75, 3.05) is 0 Å². The summed E-state index contributed by atoms with van der Waals surface area (Å²) in [6.07, 6.45) is 0. The van der Waals surface area contributed by atoms with Crippen LogP contribution in [0.25, 0.3) is 83.1 Å².